The molecule has 2 aromatic rings. The Labute approximate surface area is 110 Å². The Morgan fingerprint density at radius 2 is 2.12 bits per heavy atom. The Balaban J connectivity index is 2.38. The van der Waals surface area contributed by atoms with Crippen LogP contribution < -0.4 is 0 Å². The van der Waals surface area contributed by atoms with Crippen LogP contribution in [0.1, 0.15) is 16.5 Å². The van der Waals surface area contributed by atoms with E-state index < -0.39 is 11.9 Å². The minimum atomic E-state index is -0.785. The van der Waals surface area contributed by atoms with Gasteiger partial charge in [-0.15, -0.1) is 11.3 Å². The quantitative estimate of drug-likeness (QED) is 0.870. The second-order valence-electron chi connectivity index (χ2n) is 3.21. The Hall–Kier alpha value is -0.420. The zero-order valence-electron chi connectivity index (χ0n) is 7.95. The first-order valence-corrected chi connectivity index (χ1v) is 6.50. The molecule has 1 N–H and O–H groups in total. The van der Waals surface area contributed by atoms with Crippen molar-refractivity contribution >= 4 is 38.9 Å². The zero-order valence-corrected chi connectivity index (χ0v) is 11.1. The van der Waals surface area contributed by atoms with Gasteiger partial charge in [-0.25, -0.2) is 4.39 Å². The standard InChI is InChI=1S/C11H7BrClFOS/c12-7-3-4-16-11(7)10(15)6-1-2-9(14)8(13)5-6/h1-5,10,15H. The number of hydrogen-bond donors (Lipinski definition) is 1. The van der Waals surface area contributed by atoms with E-state index in [4.69, 9.17) is 11.6 Å². The highest BCUT2D eigenvalue weighted by Crippen LogP contribution is 2.34. The molecule has 0 saturated heterocycles. The third-order valence-corrected chi connectivity index (χ3v) is 4.37. The molecule has 0 aliphatic rings. The van der Waals surface area contributed by atoms with Crippen LogP contribution in [0.25, 0.3) is 0 Å². The van der Waals surface area contributed by atoms with Crippen molar-refractivity contribution < 1.29 is 9.50 Å². The summed E-state index contributed by atoms with van der Waals surface area (Å²) in [4.78, 5) is 0.780. The Bertz CT molecular complexity index is 514. The van der Waals surface area contributed by atoms with Gasteiger partial charge in [0, 0.05) is 4.47 Å². The van der Waals surface area contributed by atoms with Gasteiger partial charge in [-0.05, 0) is 45.1 Å². The van der Waals surface area contributed by atoms with E-state index in [0.717, 1.165) is 9.35 Å². The molecule has 84 valence electrons. The predicted molar refractivity (Wildman–Crippen MR) is 67.5 cm³/mol. The predicted octanol–water partition coefficient (Wildman–Crippen LogP) is 4.38. The summed E-state index contributed by atoms with van der Waals surface area (Å²) in [6, 6.07) is 6.07. The van der Waals surface area contributed by atoms with E-state index in [1.165, 1.54) is 29.5 Å². The number of aliphatic hydroxyl groups is 1. The molecule has 2 rings (SSSR count). The Kier molecular flexibility index (Phi) is 3.64. The van der Waals surface area contributed by atoms with Gasteiger partial charge >= 0.3 is 0 Å². The van der Waals surface area contributed by atoms with Crippen LogP contribution in [0.2, 0.25) is 5.02 Å². The second kappa shape index (κ2) is 4.84. The van der Waals surface area contributed by atoms with Crippen molar-refractivity contribution in [2.75, 3.05) is 0 Å². The average molecular weight is 322 g/mol. The van der Waals surface area contributed by atoms with E-state index in [0.29, 0.717) is 5.56 Å². The van der Waals surface area contributed by atoms with Gasteiger partial charge in [0.05, 0.1) is 9.90 Å². The highest BCUT2D eigenvalue weighted by atomic mass is 79.9. The minimum absolute atomic E-state index is 0.0178. The van der Waals surface area contributed by atoms with Gasteiger partial charge in [0.25, 0.3) is 0 Å². The number of thiophene rings is 1. The van der Waals surface area contributed by atoms with Crippen LogP contribution in [0, 0.1) is 5.82 Å². The molecule has 1 aromatic carbocycles. The smallest absolute Gasteiger partial charge is 0.141 e. The van der Waals surface area contributed by atoms with Crippen LogP contribution in [0.15, 0.2) is 34.1 Å². The topological polar surface area (TPSA) is 20.2 Å². The summed E-state index contributed by atoms with van der Waals surface area (Å²) in [5.74, 6) is -0.483. The molecule has 0 aliphatic heterocycles. The maximum atomic E-state index is 13.0. The van der Waals surface area contributed by atoms with Crippen LogP contribution in [0.4, 0.5) is 4.39 Å². The van der Waals surface area contributed by atoms with Gasteiger partial charge < -0.3 is 5.11 Å². The number of aliphatic hydroxyl groups excluding tert-OH is 1. The van der Waals surface area contributed by atoms with Crippen LogP contribution in [0.3, 0.4) is 0 Å². The summed E-state index contributed by atoms with van der Waals surface area (Å²) in [5.41, 5.74) is 0.578. The van der Waals surface area contributed by atoms with Crippen molar-refractivity contribution in [3.05, 3.63) is 55.4 Å². The van der Waals surface area contributed by atoms with Gasteiger partial charge in [0.15, 0.2) is 0 Å². The van der Waals surface area contributed by atoms with Crippen molar-refractivity contribution in [2.24, 2.45) is 0 Å². The summed E-state index contributed by atoms with van der Waals surface area (Å²) >= 11 is 10.4. The fourth-order valence-electron chi connectivity index (χ4n) is 1.33. The summed E-state index contributed by atoms with van der Waals surface area (Å²) in [6.45, 7) is 0. The van der Waals surface area contributed by atoms with Gasteiger partial charge in [-0.3, -0.25) is 0 Å². The number of halogens is 3. The first-order valence-electron chi connectivity index (χ1n) is 4.45. The highest BCUT2D eigenvalue weighted by molar-refractivity contribution is 9.10. The summed E-state index contributed by atoms with van der Waals surface area (Å²) in [7, 11) is 0. The highest BCUT2D eigenvalue weighted by Gasteiger charge is 2.16. The lowest BCUT2D eigenvalue weighted by molar-refractivity contribution is 0.223. The zero-order chi connectivity index (χ0) is 11.7. The Morgan fingerprint density at radius 1 is 1.38 bits per heavy atom. The summed E-state index contributed by atoms with van der Waals surface area (Å²) in [6.07, 6.45) is -0.785. The fraction of sp³-hybridized carbons (Fsp3) is 0.0909. The first-order chi connectivity index (χ1) is 7.59. The molecule has 0 bridgehead atoms. The molecule has 0 aliphatic carbocycles. The molecule has 1 aromatic heterocycles. The molecular weight excluding hydrogens is 315 g/mol. The second-order valence-corrected chi connectivity index (χ2v) is 5.42. The SMILES string of the molecule is OC(c1ccc(F)c(Cl)c1)c1sccc1Br. The molecule has 0 fully saturated rings. The summed E-state index contributed by atoms with van der Waals surface area (Å²) < 4.78 is 13.8. The van der Waals surface area contributed by atoms with Gasteiger partial charge in [0.2, 0.25) is 0 Å². The molecule has 1 atom stereocenters. The summed E-state index contributed by atoms with van der Waals surface area (Å²) in [5, 5.41) is 12.0. The van der Waals surface area contributed by atoms with E-state index in [1.807, 2.05) is 11.4 Å². The minimum Gasteiger partial charge on any atom is -0.383 e. The molecule has 0 saturated carbocycles. The average Bonchev–Trinajstić information content (AvgIpc) is 2.67. The van der Waals surface area contributed by atoms with Gasteiger partial charge in [0.1, 0.15) is 11.9 Å². The van der Waals surface area contributed by atoms with E-state index in [2.05, 4.69) is 15.9 Å². The van der Waals surface area contributed by atoms with Crippen molar-refractivity contribution in [2.45, 2.75) is 6.10 Å². The molecule has 5 heteroatoms. The molecule has 0 spiro atoms. The third kappa shape index (κ3) is 2.30. The van der Waals surface area contributed by atoms with Gasteiger partial charge in [-0.2, -0.15) is 0 Å². The molecular formula is C11H7BrClFOS. The van der Waals surface area contributed by atoms with Crippen molar-refractivity contribution in [3.63, 3.8) is 0 Å². The van der Waals surface area contributed by atoms with Crippen LogP contribution in [-0.2, 0) is 0 Å². The molecule has 0 amide bonds. The fourth-order valence-corrected chi connectivity index (χ4v) is 3.12. The number of rotatable bonds is 2. The molecule has 1 heterocycles. The van der Waals surface area contributed by atoms with Crippen molar-refractivity contribution in [1.82, 2.24) is 0 Å². The van der Waals surface area contributed by atoms with Crippen molar-refractivity contribution in [1.29, 1.82) is 0 Å². The third-order valence-electron chi connectivity index (χ3n) is 2.15. The molecule has 1 nitrogen and oxygen atoms in total. The van der Waals surface area contributed by atoms with E-state index in [1.54, 1.807) is 0 Å². The number of hydrogen-bond acceptors (Lipinski definition) is 2. The van der Waals surface area contributed by atoms with Crippen LogP contribution >= 0.6 is 38.9 Å². The maximum absolute atomic E-state index is 13.0. The monoisotopic (exact) mass is 320 g/mol. The van der Waals surface area contributed by atoms with Crippen LogP contribution in [0.5, 0.6) is 0 Å². The largest absolute Gasteiger partial charge is 0.383 e. The lowest BCUT2D eigenvalue weighted by Crippen LogP contribution is -1.98. The molecule has 16 heavy (non-hydrogen) atoms. The van der Waals surface area contributed by atoms with Crippen molar-refractivity contribution in [3.8, 4) is 0 Å². The normalized spacial score (nSPS) is 12.8. The van der Waals surface area contributed by atoms with E-state index in [9.17, 15) is 9.50 Å². The molecule has 0 radical (unpaired) electrons. The lowest BCUT2D eigenvalue weighted by Gasteiger charge is -2.10. The van der Waals surface area contributed by atoms with E-state index in [-0.39, 0.29) is 5.02 Å². The van der Waals surface area contributed by atoms with Crippen LogP contribution in [-0.4, -0.2) is 5.11 Å². The lowest BCUT2D eigenvalue weighted by atomic mass is 10.1. The van der Waals surface area contributed by atoms with Gasteiger partial charge in [-0.1, -0.05) is 17.7 Å². The first kappa shape index (κ1) is 12.0. The van der Waals surface area contributed by atoms with E-state index >= 15 is 0 Å². The molecule has 1 unspecified atom stereocenters. The maximum Gasteiger partial charge on any atom is 0.141 e. The Morgan fingerprint density at radius 3 is 2.69 bits per heavy atom. The number of benzene rings is 1.